The molecule has 0 saturated heterocycles. The summed E-state index contributed by atoms with van der Waals surface area (Å²) in [6.45, 7) is 1.84. The van der Waals surface area contributed by atoms with Crippen LogP contribution in [0.3, 0.4) is 0 Å². The minimum absolute atomic E-state index is 0.0862. The minimum Gasteiger partial charge on any atom is -0.410 e. The summed E-state index contributed by atoms with van der Waals surface area (Å²) in [5, 5.41) is 2.80. The molecule has 0 aromatic heterocycles. The van der Waals surface area contributed by atoms with E-state index in [1.54, 1.807) is 24.3 Å². The van der Waals surface area contributed by atoms with Gasteiger partial charge < -0.3 is 15.0 Å². The summed E-state index contributed by atoms with van der Waals surface area (Å²) in [5.74, 6) is 0.167. The fourth-order valence-corrected chi connectivity index (χ4v) is 2.55. The molecule has 1 N–H and O–H groups in total. The van der Waals surface area contributed by atoms with Gasteiger partial charge in [-0.3, -0.25) is 4.79 Å². The Morgan fingerprint density at radius 2 is 1.87 bits per heavy atom. The lowest BCUT2D eigenvalue weighted by molar-refractivity contribution is -0.116. The molecule has 5 nitrogen and oxygen atoms in total. The Hall–Kier alpha value is -2.09. The topological polar surface area (TPSA) is 58.6 Å². The number of anilines is 1. The van der Waals surface area contributed by atoms with E-state index >= 15 is 0 Å². The number of hydrogen-bond acceptors (Lipinski definition) is 3. The molecule has 2 aromatic carbocycles. The summed E-state index contributed by atoms with van der Waals surface area (Å²) >= 11 is 2.21. The van der Waals surface area contributed by atoms with Crippen molar-refractivity contribution in [2.75, 3.05) is 18.9 Å². The van der Waals surface area contributed by atoms with Crippen LogP contribution in [-0.4, -0.2) is 30.5 Å². The molecule has 0 aliphatic rings. The Kier molecular flexibility index (Phi) is 5.97. The maximum atomic E-state index is 12.1. The predicted molar refractivity (Wildman–Crippen MR) is 97.6 cm³/mol. The Morgan fingerprint density at radius 1 is 1.17 bits per heavy atom. The van der Waals surface area contributed by atoms with Crippen LogP contribution in [0.4, 0.5) is 10.5 Å². The molecule has 2 rings (SSSR count). The van der Waals surface area contributed by atoms with Gasteiger partial charge in [-0.1, -0.05) is 18.2 Å². The van der Waals surface area contributed by atoms with Crippen molar-refractivity contribution in [2.24, 2.45) is 0 Å². The van der Waals surface area contributed by atoms with Gasteiger partial charge in [0.25, 0.3) is 0 Å². The quantitative estimate of drug-likeness (QED) is 0.763. The summed E-state index contributed by atoms with van der Waals surface area (Å²) in [7, 11) is 1.52. The monoisotopic (exact) mass is 424 g/mol. The zero-order valence-corrected chi connectivity index (χ0v) is 15.0. The van der Waals surface area contributed by atoms with E-state index < -0.39 is 6.09 Å². The summed E-state index contributed by atoms with van der Waals surface area (Å²) in [4.78, 5) is 25.2. The molecule has 0 radical (unpaired) electrons. The molecule has 0 atom stereocenters. The first-order valence-corrected chi connectivity index (χ1v) is 8.07. The van der Waals surface area contributed by atoms with Gasteiger partial charge in [0, 0.05) is 16.3 Å². The fourth-order valence-electron chi connectivity index (χ4n) is 1.90. The smallest absolute Gasteiger partial charge is 0.410 e. The average Bonchev–Trinajstić information content (AvgIpc) is 2.51. The van der Waals surface area contributed by atoms with E-state index in [0.29, 0.717) is 5.75 Å². The molecule has 0 unspecified atom stereocenters. The van der Waals surface area contributed by atoms with Crippen molar-refractivity contribution >= 4 is 40.3 Å². The van der Waals surface area contributed by atoms with Crippen LogP contribution in [0, 0.1) is 10.5 Å². The summed E-state index contributed by atoms with van der Waals surface area (Å²) in [5.41, 5.74) is 1.71. The number of likely N-dealkylation sites (N-methyl/N-ethyl adjacent to an activating group) is 1. The molecule has 0 heterocycles. The normalized spacial score (nSPS) is 10.0. The van der Waals surface area contributed by atoms with Gasteiger partial charge in [-0.05, 0) is 65.4 Å². The Morgan fingerprint density at radius 3 is 2.52 bits per heavy atom. The van der Waals surface area contributed by atoms with E-state index in [2.05, 4.69) is 27.9 Å². The van der Waals surface area contributed by atoms with Crippen LogP contribution in [0.25, 0.3) is 0 Å². The standard InChI is InChI=1S/C17H17IN2O3/c1-12-10-13(18)8-9-15(12)19-16(21)11-20(2)17(22)23-14-6-4-3-5-7-14/h3-10H,11H2,1-2H3,(H,19,21). The second-order valence-electron chi connectivity index (χ2n) is 5.04. The van der Waals surface area contributed by atoms with Gasteiger partial charge in [-0.2, -0.15) is 0 Å². The van der Waals surface area contributed by atoms with Crippen LogP contribution in [0.5, 0.6) is 5.75 Å². The molecule has 0 saturated carbocycles. The van der Waals surface area contributed by atoms with E-state index in [1.807, 2.05) is 31.2 Å². The van der Waals surface area contributed by atoms with Crippen LogP contribution >= 0.6 is 22.6 Å². The first-order chi connectivity index (χ1) is 11.0. The SMILES string of the molecule is Cc1cc(I)ccc1NC(=O)CN(C)C(=O)Oc1ccccc1. The van der Waals surface area contributed by atoms with Crippen molar-refractivity contribution in [3.8, 4) is 5.75 Å². The number of rotatable bonds is 4. The van der Waals surface area contributed by atoms with Gasteiger partial charge in [0.1, 0.15) is 12.3 Å². The number of aryl methyl sites for hydroxylation is 1. The number of benzene rings is 2. The second-order valence-corrected chi connectivity index (χ2v) is 6.29. The number of carbonyl (C=O) groups excluding carboxylic acids is 2. The highest BCUT2D eigenvalue weighted by Gasteiger charge is 2.15. The summed E-state index contributed by atoms with van der Waals surface area (Å²) in [6.07, 6.45) is -0.578. The number of para-hydroxylation sites is 1. The van der Waals surface area contributed by atoms with E-state index in [1.165, 1.54) is 11.9 Å². The molecule has 6 heteroatoms. The molecule has 120 valence electrons. The van der Waals surface area contributed by atoms with E-state index in [9.17, 15) is 9.59 Å². The maximum Gasteiger partial charge on any atom is 0.415 e. The van der Waals surface area contributed by atoms with Gasteiger partial charge in [0.15, 0.2) is 0 Å². The van der Waals surface area contributed by atoms with Crippen molar-refractivity contribution in [3.05, 3.63) is 57.7 Å². The largest absolute Gasteiger partial charge is 0.415 e. The van der Waals surface area contributed by atoms with Gasteiger partial charge in [0.05, 0.1) is 0 Å². The number of halogens is 1. The van der Waals surface area contributed by atoms with Crippen LogP contribution in [0.2, 0.25) is 0 Å². The predicted octanol–water partition coefficient (Wildman–Crippen LogP) is 3.67. The van der Waals surface area contributed by atoms with Crippen LogP contribution in [0.1, 0.15) is 5.56 Å². The van der Waals surface area contributed by atoms with E-state index in [0.717, 1.165) is 14.8 Å². The molecule has 2 aromatic rings. The lowest BCUT2D eigenvalue weighted by Gasteiger charge is -2.17. The Bertz CT molecular complexity index is 704. The molecule has 0 spiro atoms. The molecule has 0 bridgehead atoms. The van der Waals surface area contributed by atoms with Crippen LogP contribution in [0.15, 0.2) is 48.5 Å². The number of amides is 2. The zero-order chi connectivity index (χ0) is 16.8. The van der Waals surface area contributed by atoms with Crippen molar-refractivity contribution in [1.82, 2.24) is 4.90 Å². The molecule has 23 heavy (non-hydrogen) atoms. The summed E-state index contributed by atoms with van der Waals surface area (Å²) < 4.78 is 6.27. The molecule has 0 fully saturated rings. The van der Waals surface area contributed by atoms with E-state index in [4.69, 9.17) is 4.74 Å². The number of nitrogens with zero attached hydrogens (tertiary/aromatic N) is 1. The Labute approximate surface area is 148 Å². The van der Waals surface area contributed by atoms with Gasteiger partial charge in [0.2, 0.25) is 5.91 Å². The molecule has 0 aliphatic heterocycles. The van der Waals surface area contributed by atoms with E-state index in [-0.39, 0.29) is 12.5 Å². The lowest BCUT2D eigenvalue weighted by atomic mass is 10.2. The third kappa shape index (κ3) is 5.24. The van der Waals surface area contributed by atoms with Crippen molar-refractivity contribution in [1.29, 1.82) is 0 Å². The lowest BCUT2D eigenvalue weighted by Crippen LogP contribution is -2.36. The molecule has 2 amide bonds. The van der Waals surface area contributed by atoms with Crippen LogP contribution in [-0.2, 0) is 4.79 Å². The van der Waals surface area contributed by atoms with Gasteiger partial charge >= 0.3 is 6.09 Å². The number of ether oxygens (including phenoxy) is 1. The number of nitrogens with one attached hydrogen (secondary N) is 1. The first kappa shape index (κ1) is 17.3. The zero-order valence-electron chi connectivity index (χ0n) is 12.9. The highest BCUT2D eigenvalue weighted by molar-refractivity contribution is 14.1. The van der Waals surface area contributed by atoms with Gasteiger partial charge in [-0.15, -0.1) is 0 Å². The molecular formula is C17H17IN2O3. The summed E-state index contributed by atoms with van der Waals surface area (Å²) in [6, 6.07) is 14.5. The molecule has 0 aliphatic carbocycles. The highest BCUT2D eigenvalue weighted by Crippen LogP contribution is 2.17. The maximum absolute atomic E-state index is 12.1. The van der Waals surface area contributed by atoms with Crippen molar-refractivity contribution < 1.29 is 14.3 Å². The first-order valence-electron chi connectivity index (χ1n) is 6.99. The van der Waals surface area contributed by atoms with Gasteiger partial charge in [-0.25, -0.2) is 4.79 Å². The van der Waals surface area contributed by atoms with Crippen molar-refractivity contribution in [3.63, 3.8) is 0 Å². The Balaban J connectivity index is 1.90. The molecular weight excluding hydrogens is 407 g/mol. The average molecular weight is 424 g/mol. The third-order valence-corrected chi connectivity index (χ3v) is 3.77. The second kappa shape index (κ2) is 7.96. The number of hydrogen-bond donors (Lipinski definition) is 1. The third-order valence-electron chi connectivity index (χ3n) is 3.10. The fraction of sp³-hybridized carbons (Fsp3) is 0.176. The van der Waals surface area contributed by atoms with Crippen molar-refractivity contribution in [2.45, 2.75) is 6.92 Å². The number of carbonyl (C=O) groups is 2. The highest BCUT2D eigenvalue weighted by atomic mass is 127. The van der Waals surface area contributed by atoms with Crippen LogP contribution < -0.4 is 10.1 Å². The minimum atomic E-state index is -0.578.